The number of halogens is 1. The summed E-state index contributed by atoms with van der Waals surface area (Å²) in [5, 5.41) is 5.40. The lowest BCUT2D eigenvalue weighted by Crippen LogP contribution is -2.55. The van der Waals surface area contributed by atoms with E-state index in [0.717, 1.165) is 10.4 Å². The average Bonchev–Trinajstić information content (AvgIpc) is 2.99. The zero-order valence-electron chi connectivity index (χ0n) is 11.8. The number of carbonyl (C=O) groups excluding carboxylic acids is 2. The molecule has 22 heavy (non-hydrogen) atoms. The summed E-state index contributed by atoms with van der Waals surface area (Å²) in [6.45, 7) is 1.37. The Morgan fingerprint density at radius 1 is 1.23 bits per heavy atom. The fourth-order valence-electron chi connectivity index (χ4n) is 2.33. The molecule has 1 aromatic heterocycles. The third-order valence-electron chi connectivity index (χ3n) is 3.68. The van der Waals surface area contributed by atoms with Crippen molar-refractivity contribution in [2.45, 2.75) is 6.54 Å². The zero-order valence-corrected chi connectivity index (χ0v) is 13.4. The van der Waals surface area contributed by atoms with Crippen LogP contribution in [0.1, 0.15) is 15.2 Å². The Morgan fingerprint density at radius 2 is 2.00 bits per heavy atom. The number of likely N-dealkylation sites (tertiary alicyclic amines) is 1. The highest BCUT2D eigenvalue weighted by Crippen LogP contribution is 2.21. The summed E-state index contributed by atoms with van der Waals surface area (Å²) in [6, 6.07) is 11.1. The van der Waals surface area contributed by atoms with Crippen LogP contribution in [0.4, 0.5) is 0 Å². The lowest BCUT2D eigenvalue weighted by molar-refractivity contribution is -0.129. The van der Waals surface area contributed by atoms with Gasteiger partial charge in [-0.3, -0.25) is 9.59 Å². The summed E-state index contributed by atoms with van der Waals surface area (Å²) in [7, 11) is 0. The van der Waals surface area contributed by atoms with Crippen molar-refractivity contribution >= 4 is 34.8 Å². The second kappa shape index (κ2) is 6.50. The Morgan fingerprint density at radius 3 is 2.68 bits per heavy atom. The third kappa shape index (κ3) is 3.15. The lowest BCUT2D eigenvalue weighted by atomic mass is 9.98. The van der Waals surface area contributed by atoms with Gasteiger partial charge in [0.1, 0.15) is 0 Å². The SMILES string of the molecule is O=C(NCc1ccccc1Cl)C1CN(C(=O)c2cccs2)C1. The minimum Gasteiger partial charge on any atom is -0.352 e. The Kier molecular flexibility index (Phi) is 4.45. The van der Waals surface area contributed by atoms with E-state index in [-0.39, 0.29) is 17.7 Å². The van der Waals surface area contributed by atoms with Gasteiger partial charge in [-0.2, -0.15) is 0 Å². The van der Waals surface area contributed by atoms with Crippen LogP contribution in [-0.2, 0) is 11.3 Å². The molecule has 1 saturated heterocycles. The summed E-state index contributed by atoms with van der Waals surface area (Å²) in [4.78, 5) is 26.6. The Bertz CT molecular complexity index is 681. The fourth-order valence-corrected chi connectivity index (χ4v) is 3.23. The highest BCUT2D eigenvalue weighted by molar-refractivity contribution is 7.12. The number of benzene rings is 1. The normalized spacial score (nSPS) is 14.5. The maximum Gasteiger partial charge on any atom is 0.263 e. The summed E-state index contributed by atoms with van der Waals surface area (Å²) >= 11 is 7.47. The van der Waals surface area contributed by atoms with E-state index in [9.17, 15) is 9.59 Å². The van der Waals surface area contributed by atoms with E-state index in [1.54, 1.807) is 17.0 Å². The molecule has 2 amide bonds. The number of rotatable bonds is 4. The maximum atomic E-state index is 12.1. The smallest absolute Gasteiger partial charge is 0.263 e. The third-order valence-corrected chi connectivity index (χ3v) is 4.91. The van der Waals surface area contributed by atoms with Crippen LogP contribution in [0.5, 0.6) is 0 Å². The van der Waals surface area contributed by atoms with Crippen LogP contribution in [0.3, 0.4) is 0 Å². The summed E-state index contributed by atoms with van der Waals surface area (Å²) in [5.41, 5.74) is 0.892. The molecular formula is C16H15ClN2O2S. The van der Waals surface area contributed by atoms with Gasteiger partial charge in [0, 0.05) is 24.7 Å². The van der Waals surface area contributed by atoms with Crippen molar-refractivity contribution in [1.82, 2.24) is 10.2 Å². The minimum atomic E-state index is -0.133. The topological polar surface area (TPSA) is 49.4 Å². The summed E-state index contributed by atoms with van der Waals surface area (Å²) in [5.74, 6) is -0.160. The highest BCUT2D eigenvalue weighted by Gasteiger charge is 2.36. The van der Waals surface area contributed by atoms with Crippen molar-refractivity contribution in [3.8, 4) is 0 Å². The number of nitrogens with one attached hydrogen (secondary N) is 1. The lowest BCUT2D eigenvalue weighted by Gasteiger charge is -2.37. The van der Waals surface area contributed by atoms with Crippen LogP contribution in [-0.4, -0.2) is 29.8 Å². The molecule has 0 radical (unpaired) electrons. The van der Waals surface area contributed by atoms with Crippen LogP contribution in [0.15, 0.2) is 41.8 Å². The molecule has 1 aliphatic rings. The first-order valence-corrected chi connectivity index (χ1v) is 8.25. The molecule has 0 atom stereocenters. The molecule has 1 aromatic carbocycles. The molecule has 1 aliphatic heterocycles. The molecule has 0 spiro atoms. The molecule has 0 saturated carbocycles. The van der Waals surface area contributed by atoms with Gasteiger partial charge in [0.05, 0.1) is 10.8 Å². The first-order chi connectivity index (χ1) is 10.6. The van der Waals surface area contributed by atoms with Crippen LogP contribution in [0.25, 0.3) is 0 Å². The molecule has 1 N–H and O–H groups in total. The van der Waals surface area contributed by atoms with Crippen LogP contribution < -0.4 is 5.32 Å². The monoisotopic (exact) mass is 334 g/mol. The van der Waals surface area contributed by atoms with Crippen molar-refractivity contribution < 1.29 is 9.59 Å². The van der Waals surface area contributed by atoms with E-state index in [0.29, 0.717) is 24.7 Å². The highest BCUT2D eigenvalue weighted by atomic mass is 35.5. The van der Waals surface area contributed by atoms with Gasteiger partial charge < -0.3 is 10.2 Å². The summed E-state index contributed by atoms with van der Waals surface area (Å²) < 4.78 is 0. The number of carbonyl (C=O) groups is 2. The summed E-state index contributed by atoms with van der Waals surface area (Å²) in [6.07, 6.45) is 0. The Hall–Kier alpha value is -1.85. The van der Waals surface area contributed by atoms with Crippen molar-refractivity contribution in [2.24, 2.45) is 5.92 Å². The van der Waals surface area contributed by atoms with Gasteiger partial charge in [-0.25, -0.2) is 0 Å². The molecule has 4 nitrogen and oxygen atoms in total. The average molecular weight is 335 g/mol. The Balaban J connectivity index is 1.48. The number of thiophene rings is 1. The number of hydrogen-bond acceptors (Lipinski definition) is 3. The van der Waals surface area contributed by atoms with E-state index in [4.69, 9.17) is 11.6 Å². The molecule has 1 fully saturated rings. The van der Waals surface area contributed by atoms with E-state index < -0.39 is 0 Å². The molecule has 0 unspecified atom stereocenters. The first kappa shape index (κ1) is 15.1. The second-order valence-electron chi connectivity index (χ2n) is 5.19. The van der Waals surface area contributed by atoms with Gasteiger partial charge in [-0.05, 0) is 23.1 Å². The van der Waals surface area contributed by atoms with Gasteiger partial charge in [0.25, 0.3) is 5.91 Å². The second-order valence-corrected chi connectivity index (χ2v) is 6.55. The zero-order chi connectivity index (χ0) is 15.5. The fraction of sp³-hybridized carbons (Fsp3) is 0.250. The van der Waals surface area contributed by atoms with Crippen LogP contribution in [0, 0.1) is 5.92 Å². The first-order valence-electron chi connectivity index (χ1n) is 6.99. The van der Waals surface area contributed by atoms with E-state index >= 15 is 0 Å². The van der Waals surface area contributed by atoms with E-state index in [1.807, 2.05) is 29.6 Å². The molecular weight excluding hydrogens is 320 g/mol. The van der Waals surface area contributed by atoms with Gasteiger partial charge in [-0.1, -0.05) is 35.9 Å². The molecule has 6 heteroatoms. The molecule has 114 valence electrons. The van der Waals surface area contributed by atoms with Crippen molar-refractivity contribution in [1.29, 1.82) is 0 Å². The molecule has 2 heterocycles. The van der Waals surface area contributed by atoms with Gasteiger partial charge in [0.2, 0.25) is 5.91 Å². The molecule has 2 aromatic rings. The Labute approximate surface area is 137 Å². The predicted octanol–water partition coefficient (Wildman–Crippen LogP) is 2.79. The van der Waals surface area contributed by atoms with Gasteiger partial charge in [0.15, 0.2) is 0 Å². The molecule has 3 rings (SSSR count). The van der Waals surface area contributed by atoms with Gasteiger partial charge in [-0.15, -0.1) is 11.3 Å². The largest absolute Gasteiger partial charge is 0.352 e. The van der Waals surface area contributed by atoms with Crippen molar-refractivity contribution in [3.63, 3.8) is 0 Å². The standard InChI is InChI=1S/C16H15ClN2O2S/c17-13-5-2-1-4-11(13)8-18-15(20)12-9-19(10-12)16(21)14-6-3-7-22-14/h1-7,12H,8-10H2,(H,18,20). The molecule has 0 bridgehead atoms. The maximum absolute atomic E-state index is 12.1. The number of hydrogen-bond donors (Lipinski definition) is 1. The number of amides is 2. The molecule has 0 aliphatic carbocycles. The van der Waals surface area contributed by atoms with E-state index in [1.165, 1.54) is 11.3 Å². The van der Waals surface area contributed by atoms with Crippen LogP contribution in [0.2, 0.25) is 5.02 Å². The predicted molar refractivity (Wildman–Crippen MR) is 87.0 cm³/mol. The van der Waals surface area contributed by atoms with Crippen LogP contribution >= 0.6 is 22.9 Å². The van der Waals surface area contributed by atoms with Gasteiger partial charge >= 0.3 is 0 Å². The number of nitrogens with zero attached hydrogens (tertiary/aromatic N) is 1. The minimum absolute atomic E-state index is 0.00477. The van der Waals surface area contributed by atoms with E-state index in [2.05, 4.69) is 5.32 Å². The quantitative estimate of drug-likeness (QED) is 0.934. The van der Waals surface area contributed by atoms with Crippen molar-refractivity contribution in [3.05, 3.63) is 57.2 Å². The van der Waals surface area contributed by atoms with Crippen molar-refractivity contribution in [2.75, 3.05) is 13.1 Å².